The lowest BCUT2D eigenvalue weighted by Gasteiger charge is -2.21. The molecule has 1 nitrogen and oxygen atoms in total. The van der Waals surface area contributed by atoms with Crippen LogP contribution in [0.3, 0.4) is 0 Å². The molecule has 1 N–H and O–H groups in total. The quantitative estimate of drug-likeness (QED) is 0.813. The number of nitrogens with one attached hydrogen (secondary N) is 1. The molecule has 1 saturated carbocycles. The Morgan fingerprint density at radius 1 is 1.18 bits per heavy atom. The fraction of sp³-hybridized carbons (Fsp3) is 0.625. The summed E-state index contributed by atoms with van der Waals surface area (Å²) in [6, 6.07) is 7.72. The molecule has 0 aliphatic heterocycles. The summed E-state index contributed by atoms with van der Waals surface area (Å²) in [5, 5.41) is 3.63. The van der Waals surface area contributed by atoms with E-state index >= 15 is 0 Å². The van der Waals surface area contributed by atoms with E-state index in [4.69, 9.17) is 0 Å². The Bertz CT molecular complexity index is 379. The molecule has 2 atom stereocenters. The van der Waals surface area contributed by atoms with Crippen LogP contribution in [0.15, 0.2) is 18.2 Å². The van der Waals surface area contributed by atoms with Gasteiger partial charge in [-0.2, -0.15) is 0 Å². The molecule has 0 heterocycles. The van der Waals surface area contributed by atoms with E-state index < -0.39 is 0 Å². The van der Waals surface area contributed by atoms with Gasteiger partial charge >= 0.3 is 0 Å². The van der Waals surface area contributed by atoms with Crippen LogP contribution in [0, 0.1) is 19.8 Å². The third-order valence-corrected chi connectivity index (χ3v) is 4.22. The minimum atomic E-state index is 0.639. The van der Waals surface area contributed by atoms with Gasteiger partial charge in [-0.25, -0.2) is 0 Å². The second kappa shape index (κ2) is 5.22. The van der Waals surface area contributed by atoms with Gasteiger partial charge < -0.3 is 5.32 Å². The average Bonchev–Trinajstić information content (AvgIpc) is 3.12. The molecule has 2 unspecified atom stereocenters. The van der Waals surface area contributed by atoms with Crippen molar-refractivity contribution in [2.24, 2.45) is 5.92 Å². The molecule has 0 saturated heterocycles. The fourth-order valence-corrected chi connectivity index (χ4v) is 2.19. The second-order valence-electron chi connectivity index (χ2n) is 5.79. The van der Waals surface area contributed by atoms with Crippen molar-refractivity contribution >= 4 is 0 Å². The minimum Gasteiger partial charge on any atom is -0.314 e. The first kappa shape index (κ1) is 12.6. The average molecular weight is 231 g/mol. The van der Waals surface area contributed by atoms with Crippen molar-refractivity contribution in [1.29, 1.82) is 0 Å². The summed E-state index contributed by atoms with van der Waals surface area (Å²) in [5.74, 6) is 1.35. The van der Waals surface area contributed by atoms with Crippen molar-refractivity contribution in [2.75, 3.05) is 6.54 Å². The maximum absolute atomic E-state index is 3.63. The predicted molar refractivity (Wildman–Crippen MR) is 74.5 cm³/mol. The van der Waals surface area contributed by atoms with E-state index in [2.05, 4.69) is 51.2 Å². The molecule has 2 rings (SSSR count). The zero-order chi connectivity index (χ0) is 12.4. The molecule has 0 spiro atoms. The summed E-state index contributed by atoms with van der Waals surface area (Å²) >= 11 is 0. The smallest absolute Gasteiger partial charge is 0.00683 e. The number of rotatable bonds is 5. The van der Waals surface area contributed by atoms with Crippen LogP contribution in [0.1, 0.15) is 49.3 Å². The highest BCUT2D eigenvalue weighted by Crippen LogP contribution is 2.26. The number of aryl methyl sites for hydroxylation is 2. The van der Waals surface area contributed by atoms with Crippen LogP contribution in [0.25, 0.3) is 0 Å². The molecule has 0 aromatic heterocycles. The van der Waals surface area contributed by atoms with Gasteiger partial charge in [0.2, 0.25) is 0 Å². The first-order valence-electron chi connectivity index (χ1n) is 6.88. The number of hydrogen-bond acceptors (Lipinski definition) is 1. The molecule has 1 fully saturated rings. The van der Waals surface area contributed by atoms with E-state index in [-0.39, 0.29) is 0 Å². The van der Waals surface area contributed by atoms with Gasteiger partial charge in [-0.15, -0.1) is 0 Å². The fourth-order valence-electron chi connectivity index (χ4n) is 2.19. The maximum atomic E-state index is 3.63. The van der Waals surface area contributed by atoms with Crippen molar-refractivity contribution in [3.05, 3.63) is 34.9 Å². The van der Waals surface area contributed by atoms with Crippen molar-refractivity contribution in [2.45, 2.75) is 52.5 Å². The molecule has 1 aromatic rings. The number of benzene rings is 1. The third kappa shape index (κ3) is 3.32. The normalized spacial score (nSPS) is 19.1. The largest absolute Gasteiger partial charge is 0.314 e. The predicted octanol–water partition coefficient (Wildman–Crippen LogP) is 3.80. The minimum absolute atomic E-state index is 0.639. The Balaban J connectivity index is 1.96. The molecule has 1 aromatic carbocycles. The van der Waals surface area contributed by atoms with Crippen LogP contribution in [0.5, 0.6) is 0 Å². The van der Waals surface area contributed by atoms with Crippen LogP contribution in [-0.2, 0) is 0 Å². The Hall–Kier alpha value is -0.820. The van der Waals surface area contributed by atoms with Gasteiger partial charge in [-0.3, -0.25) is 0 Å². The summed E-state index contributed by atoms with van der Waals surface area (Å²) in [6.07, 6.45) is 2.76. The molecule has 0 radical (unpaired) electrons. The highest BCUT2D eigenvalue weighted by Gasteiger charge is 2.22. The van der Waals surface area contributed by atoms with Crippen LogP contribution in [0.4, 0.5) is 0 Å². The lowest BCUT2D eigenvalue weighted by Crippen LogP contribution is -2.26. The van der Waals surface area contributed by atoms with Gasteiger partial charge in [0.1, 0.15) is 0 Å². The summed E-state index contributed by atoms with van der Waals surface area (Å²) < 4.78 is 0. The van der Waals surface area contributed by atoms with Crippen molar-refractivity contribution < 1.29 is 0 Å². The summed E-state index contributed by atoms with van der Waals surface area (Å²) in [5.41, 5.74) is 4.29. The molecule has 94 valence electrons. The van der Waals surface area contributed by atoms with Gasteiger partial charge in [0, 0.05) is 6.04 Å². The van der Waals surface area contributed by atoms with Crippen molar-refractivity contribution in [1.82, 2.24) is 5.32 Å². The van der Waals surface area contributed by atoms with Gasteiger partial charge in [-0.1, -0.05) is 32.0 Å². The van der Waals surface area contributed by atoms with Gasteiger partial charge in [0.15, 0.2) is 0 Å². The van der Waals surface area contributed by atoms with E-state index in [0.717, 1.165) is 12.6 Å². The Morgan fingerprint density at radius 3 is 2.47 bits per heavy atom. The number of hydrogen-bond donors (Lipinski definition) is 1. The first-order valence-corrected chi connectivity index (χ1v) is 6.88. The first-order chi connectivity index (χ1) is 8.08. The molecule has 1 aliphatic rings. The van der Waals surface area contributed by atoms with E-state index in [9.17, 15) is 0 Å². The lowest BCUT2D eigenvalue weighted by atomic mass is 9.87. The summed E-state index contributed by atoms with van der Waals surface area (Å²) in [7, 11) is 0. The molecule has 17 heavy (non-hydrogen) atoms. The maximum Gasteiger partial charge on any atom is 0.00683 e. The highest BCUT2D eigenvalue weighted by atomic mass is 14.9. The van der Waals surface area contributed by atoms with Crippen molar-refractivity contribution in [3.63, 3.8) is 0 Å². The summed E-state index contributed by atoms with van der Waals surface area (Å²) in [4.78, 5) is 0. The zero-order valence-corrected chi connectivity index (χ0v) is 11.6. The van der Waals surface area contributed by atoms with Crippen LogP contribution in [-0.4, -0.2) is 12.6 Å². The SMILES string of the molecule is Cc1ccc(C(C)C(C)CNC2CC2)cc1C. The standard InChI is InChI=1S/C16H25N/c1-11-5-6-15(9-12(11)2)14(4)13(3)10-17-16-7-8-16/h5-6,9,13-14,16-17H,7-8,10H2,1-4H3. The lowest BCUT2D eigenvalue weighted by molar-refractivity contribution is 0.446. The molecular weight excluding hydrogens is 206 g/mol. The van der Waals surface area contributed by atoms with Gasteiger partial charge in [-0.05, 0) is 61.8 Å². The van der Waals surface area contributed by atoms with E-state index in [1.807, 2.05) is 0 Å². The topological polar surface area (TPSA) is 12.0 Å². The monoisotopic (exact) mass is 231 g/mol. The molecule has 1 aliphatic carbocycles. The molecular formula is C16H25N. The second-order valence-corrected chi connectivity index (χ2v) is 5.79. The molecule has 1 heteroatoms. The van der Waals surface area contributed by atoms with E-state index in [0.29, 0.717) is 11.8 Å². The van der Waals surface area contributed by atoms with Crippen LogP contribution >= 0.6 is 0 Å². The van der Waals surface area contributed by atoms with Gasteiger partial charge in [0.25, 0.3) is 0 Å². The third-order valence-electron chi connectivity index (χ3n) is 4.22. The van der Waals surface area contributed by atoms with Gasteiger partial charge in [0.05, 0.1) is 0 Å². The molecule has 0 bridgehead atoms. The Kier molecular flexibility index (Phi) is 3.88. The van der Waals surface area contributed by atoms with E-state index in [1.165, 1.54) is 29.5 Å². The molecule has 0 amide bonds. The Labute approximate surface area is 106 Å². The highest BCUT2D eigenvalue weighted by molar-refractivity contribution is 5.32. The van der Waals surface area contributed by atoms with E-state index in [1.54, 1.807) is 0 Å². The van der Waals surface area contributed by atoms with Crippen LogP contribution in [0.2, 0.25) is 0 Å². The van der Waals surface area contributed by atoms with Crippen LogP contribution < -0.4 is 5.32 Å². The summed E-state index contributed by atoms with van der Waals surface area (Å²) in [6.45, 7) is 10.2. The zero-order valence-electron chi connectivity index (χ0n) is 11.6. The Morgan fingerprint density at radius 2 is 1.88 bits per heavy atom. The van der Waals surface area contributed by atoms with Crippen molar-refractivity contribution in [3.8, 4) is 0 Å².